The minimum absolute atomic E-state index is 0.00363. The Morgan fingerprint density at radius 3 is 2.72 bits per heavy atom. The number of rotatable bonds is 7. The molecule has 1 aliphatic rings. The molecule has 6 heteroatoms. The lowest BCUT2D eigenvalue weighted by Crippen LogP contribution is -2.33. The molecule has 0 unspecified atom stereocenters. The van der Waals surface area contributed by atoms with E-state index >= 15 is 0 Å². The van der Waals surface area contributed by atoms with Crippen molar-refractivity contribution in [3.8, 4) is 0 Å². The molecular weight excluding hydrogens is 252 g/mol. The summed E-state index contributed by atoms with van der Waals surface area (Å²) in [5, 5.41) is 3.17. The Kier molecular flexibility index (Phi) is 3.79. The minimum Gasteiger partial charge on any atom is -0.447 e. The van der Waals surface area contributed by atoms with E-state index in [9.17, 15) is 8.42 Å². The Morgan fingerprint density at radius 1 is 1.39 bits per heavy atom. The van der Waals surface area contributed by atoms with Gasteiger partial charge in [-0.25, -0.2) is 13.1 Å². The fraction of sp³-hybridized carbons (Fsp3) is 0.667. The van der Waals surface area contributed by atoms with E-state index in [-0.39, 0.29) is 10.6 Å². The highest BCUT2D eigenvalue weighted by molar-refractivity contribution is 7.89. The molecule has 2 rings (SSSR count). The number of furan rings is 1. The Hall–Kier alpha value is -0.850. The highest BCUT2D eigenvalue weighted by atomic mass is 32.2. The van der Waals surface area contributed by atoms with Crippen molar-refractivity contribution in [2.24, 2.45) is 0 Å². The topological polar surface area (TPSA) is 71.3 Å². The van der Waals surface area contributed by atoms with Crippen molar-refractivity contribution < 1.29 is 12.8 Å². The van der Waals surface area contributed by atoms with E-state index in [0.717, 1.165) is 25.8 Å². The average Bonchev–Trinajstić information content (AvgIpc) is 2.80. The SMILES string of the molecule is CCCNCc1ccc(S(=O)(=O)NC2(C)CC2)o1. The van der Waals surface area contributed by atoms with E-state index in [1.165, 1.54) is 6.07 Å². The van der Waals surface area contributed by atoms with Crippen LogP contribution < -0.4 is 10.0 Å². The van der Waals surface area contributed by atoms with Crippen LogP contribution in [0.5, 0.6) is 0 Å². The Balaban J connectivity index is 2.00. The number of hydrogen-bond donors (Lipinski definition) is 2. The maximum Gasteiger partial charge on any atom is 0.274 e. The van der Waals surface area contributed by atoms with Crippen molar-refractivity contribution in [1.82, 2.24) is 10.0 Å². The number of hydrogen-bond acceptors (Lipinski definition) is 4. The standard InChI is InChI=1S/C12H20N2O3S/c1-3-8-13-9-10-4-5-11(17-10)18(15,16)14-12(2)6-7-12/h4-5,13-14H,3,6-9H2,1-2H3. The lowest BCUT2D eigenvalue weighted by atomic mass is 10.4. The third kappa shape index (κ3) is 3.34. The van der Waals surface area contributed by atoms with Crippen LogP contribution >= 0.6 is 0 Å². The molecule has 18 heavy (non-hydrogen) atoms. The normalized spacial score (nSPS) is 17.9. The van der Waals surface area contributed by atoms with E-state index in [1.807, 2.05) is 6.92 Å². The molecule has 0 aromatic carbocycles. The van der Waals surface area contributed by atoms with Crippen LogP contribution in [0.2, 0.25) is 0 Å². The summed E-state index contributed by atoms with van der Waals surface area (Å²) >= 11 is 0. The first-order chi connectivity index (χ1) is 8.45. The summed E-state index contributed by atoms with van der Waals surface area (Å²) in [6.07, 6.45) is 2.81. The predicted octanol–water partition coefficient (Wildman–Crippen LogP) is 1.61. The Bertz CT molecular complexity index is 503. The molecule has 0 atom stereocenters. The molecular formula is C12H20N2O3S. The second kappa shape index (κ2) is 5.03. The highest BCUT2D eigenvalue weighted by Crippen LogP contribution is 2.36. The van der Waals surface area contributed by atoms with Crippen LogP contribution in [0.4, 0.5) is 0 Å². The lowest BCUT2D eigenvalue weighted by Gasteiger charge is -2.09. The van der Waals surface area contributed by atoms with Gasteiger partial charge in [-0.3, -0.25) is 0 Å². The van der Waals surface area contributed by atoms with Crippen LogP contribution in [-0.4, -0.2) is 20.5 Å². The van der Waals surface area contributed by atoms with E-state index < -0.39 is 10.0 Å². The van der Waals surface area contributed by atoms with Crippen LogP contribution in [0.25, 0.3) is 0 Å². The van der Waals surface area contributed by atoms with Gasteiger partial charge in [-0.1, -0.05) is 6.92 Å². The average molecular weight is 272 g/mol. The molecule has 1 aromatic rings. The van der Waals surface area contributed by atoms with E-state index in [1.54, 1.807) is 6.07 Å². The van der Waals surface area contributed by atoms with Crippen molar-refractivity contribution in [1.29, 1.82) is 0 Å². The van der Waals surface area contributed by atoms with Crippen molar-refractivity contribution in [3.63, 3.8) is 0 Å². The summed E-state index contributed by atoms with van der Waals surface area (Å²) < 4.78 is 32.0. The maximum absolute atomic E-state index is 12.0. The van der Waals surface area contributed by atoms with Crippen molar-refractivity contribution in [2.75, 3.05) is 6.54 Å². The highest BCUT2D eigenvalue weighted by Gasteiger charge is 2.42. The fourth-order valence-corrected chi connectivity index (χ4v) is 3.07. The van der Waals surface area contributed by atoms with Gasteiger partial charge in [-0.05, 0) is 44.9 Å². The first-order valence-electron chi connectivity index (χ1n) is 6.29. The first-order valence-corrected chi connectivity index (χ1v) is 7.77. The smallest absolute Gasteiger partial charge is 0.274 e. The third-order valence-corrected chi connectivity index (χ3v) is 4.52. The Labute approximate surface area is 108 Å². The van der Waals surface area contributed by atoms with Gasteiger partial charge in [0.15, 0.2) is 0 Å². The van der Waals surface area contributed by atoms with E-state index in [0.29, 0.717) is 12.3 Å². The largest absolute Gasteiger partial charge is 0.447 e. The zero-order valence-corrected chi connectivity index (χ0v) is 11.6. The van der Waals surface area contributed by atoms with Gasteiger partial charge in [-0.15, -0.1) is 0 Å². The lowest BCUT2D eigenvalue weighted by molar-refractivity contribution is 0.397. The molecule has 1 aliphatic carbocycles. The second-order valence-corrected chi connectivity index (χ2v) is 6.68. The van der Waals surface area contributed by atoms with Crippen LogP contribution in [0, 0.1) is 0 Å². The van der Waals surface area contributed by atoms with Crippen molar-refractivity contribution in [2.45, 2.75) is 50.3 Å². The van der Waals surface area contributed by atoms with Gasteiger partial charge in [-0.2, -0.15) is 0 Å². The van der Waals surface area contributed by atoms with Crippen molar-refractivity contribution in [3.05, 3.63) is 17.9 Å². The molecule has 1 fully saturated rings. The molecule has 0 radical (unpaired) electrons. The molecule has 0 spiro atoms. The van der Waals surface area contributed by atoms with Crippen molar-refractivity contribution >= 4 is 10.0 Å². The van der Waals surface area contributed by atoms with Gasteiger partial charge in [0.2, 0.25) is 5.09 Å². The zero-order chi connectivity index (χ0) is 13.2. The quantitative estimate of drug-likeness (QED) is 0.740. The summed E-state index contributed by atoms with van der Waals surface area (Å²) in [4.78, 5) is 0. The molecule has 0 amide bonds. The molecule has 0 saturated heterocycles. The van der Waals surface area contributed by atoms with Gasteiger partial charge >= 0.3 is 0 Å². The third-order valence-electron chi connectivity index (χ3n) is 3.01. The molecule has 1 heterocycles. The van der Waals surface area contributed by atoms with Crippen LogP contribution in [-0.2, 0) is 16.6 Å². The summed E-state index contributed by atoms with van der Waals surface area (Å²) in [5.74, 6) is 0.643. The summed E-state index contributed by atoms with van der Waals surface area (Å²) in [5.41, 5.74) is -0.272. The molecule has 1 aromatic heterocycles. The van der Waals surface area contributed by atoms with E-state index in [2.05, 4.69) is 17.0 Å². The summed E-state index contributed by atoms with van der Waals surface area (Å²) in [6, 6.07) is 3.21. The zero-order valence-electron chi connectivity index (χ0n) is 10.8. The molecule has 0 bridgehead atoms. The maximum atomic E-state index is 12.0. The van der Waals surface area contributed by atoms with Gasteiger partial charge in [0.05, 0.1) is 6.54 Å². The monoisotopic (exact) mass is 272 g/mol. The van der Waals surface area contributed by atoms with Gasteiger partial charge in [0, 0.05) is 5.54 Å². The molecule has 2 N–H and O–H groups in total. The molecule has 0 aliphatic heterocycles. The summed E-state index contributed by atoms with van der Waals surface area (Å²) in [6.45, 7) is 5.42. The van der Waals surface area contributed by atoms with Crippen LogP contribution in [0.1, 0.15) is 38.9 Å². The van der Waals surface area contributed by atoms with E-state index in [4.69, 9.17) is 4.42 Å². The molecule has 102 valence electrons. The number of nitrogens with one attached hydrogen (secondary N) is 2. The molecule has 5 nitrogen and oxygen atoms in total. The Morgan fingerprint density at radius 2 is 2.11 bits per heavy atom. The summed E-state index contributed by atoms with van der Waals surface area (Å²) in [7, 11) is -3.51. The first kappa shape index (κ1) is 13.6. The second-order valence-electron chi connectivity index (χ2n) is 5.06. The predicted molar refractivity (Wildman–Crippen MR) is 68.7 cm³/mol. The van der Waals surface area contributed by atoms with Gasteiger partial charge < -0.3 is 9.73 Å². The minimum atomic E-state index is -3.51. The van der Waals surface area contributed by atoms with Crippen LogP contribution in [0.15, 0.2) is 21.6 Å². The van der Waals surface area contributed by atoms with Crippen LogP contribution in [0.3, 0.4) is 0 Å². The molecule has 1 saturated carbocycles. The van der Waals surface area contributed by atoms with Gasteiger partial charge in [0.1, 0.15) is 5.76 Å². The fourth-order valence-electron chi connectivity index (χ4n) is 1.65. The number of sulfonamides is 1. The van der Waals surface area contributed by atoms with Gasteiger partial charge in [0.25, 0.3) is 10.0 Å².